The van der Waals surface area contributed by atoms with Crippen LogP contribution >= 0.6 is 0 Å². The molecule has 2 heterocycles. The highest BCUT2D eigenvalue weighted by Gasteiger charge is 2.29. The van der Waals surface area contributed by atoms with E-state index < -0.39 is 0 Å². The largest absolute Gasteiger partial charge is 0.497 e. The summed E-state index contributed by atoms with van der Waals surface area (Å²) in [6, 6.07) is 26.2. The molecule has 4 heteroatoms. The number of pyridine rings is 1. The maximum atomic E-state index is 14.1. The van der Waals surface area contributed by atoms with Crippen LogP contribution in [0.3, 0.4) is 0 Å². The van der Waals surface area contributed by atoms with E-state index in [4.69, 9.17) is 4.74 Å². The number of aromatic nitrogens is 1. The molecule has 0 saturated carbocycles. The summed E-state index contributed by atoms with van der Waals surface area (Å²) in [6.45, 7) is 0.811. The molecule has 1 aromatic heterocycles. The average molecular weight is 426 g/mol. The van der Waals surface area contributed by atoms with E-state index >= 15 is 0 Å². The van der Waals surface area contributed by atoms with E-state index in [1.807, 2.05) is 23.7 Å². The van der Waals surface area contributed by atoms with Crippen LogP contribution in [0.1, 0.15) is 22.7 Å². The quantitative estimate of drug-likeness (QED) is 0.403. The standard InChI is InChI=1S/C28H26FN2O/c1-30-15-12-21(13-16-30)20-6-8-22(9-7-20)28-27-11-10-26(32-2)18-23(27)14-17-31(28)25-5-3-4-24(29)19-25/h3-13,15-16,18-19,28H,14,17H2,1-2H3/q+1. The van der Waals surface area contributed by atoms with Crippen LogP contribution in [0.2, 0.25) is 0 Å². The van der Waals surface area contributed by atoms with Gasteiger partial charge in [-0.05, 0) is 64.6 Å². The maximum absolute atomic E-state index is 14.1. The van der Waals surface area contributed by atoms with E-state index in [0.29, 0.717) is 0 Å². The van der Waals surface area contributed by atoms with Crippen LogP contribution in [0.5, 0.6) is 5.75 Å². The topological polar surface area (TPSA) is 16.4 Å². The average Bonchev–Trinajstić information content (AvgIpc) is 2.83. The molecule has 160 valence electrons. The fourth-order valence-corrected chi connectivity index (χ4v) is 4.57. The number of hydrogen-bond donors (Lipinski definition) is 0. The minimum absolute atomic E-state index is 0.00841. The van der Waals surface area contributed by atoms with Gasteiger partial charge in [0.1, 0.15) is 18.6 Å². The molecule has 0 bridgehead atoms. The molecule has 0 saturated heterocycles. The van der Waals surface area contributed by atoms with Crippen LogP contribution in [0, 0.1) is 5.82 Å². The van der Waals surface area contributed by atoms with Gasteiger partial charge in [0.25, 0.3) is 0 Å². The van der Waals surface area contributed by atoms with Crippen LogP contribution in [-0.4, -0.2) is 13.7 Å². The fraction of sp³-hybridized carbons (Fsp3) is 0.179. The number of fused-ring (bicyclic) bond motifs is 1. The molecular formula is C28H26FN2O+. The van der Waals surface area contributed by atoms with Crippen LogP contribution in [0.15, 0.2) is 91.3 Å². The lowest BCUT2D eigenvalue weighted by atomic mass is 9.87. The molecule has 0 aliphatic carbocycles. The van der Waals surface area contributed by atoms with Gasteiger partial charge in [-0.1, -0.05) is 36.4 Å². The van der Waals surface area contributed by atoms with Gasteiger partial charge in [0.05, 0.1) is 13.2 Å². The third-order valence-corrected chi connectivity index (χ3v) is 6.26. The number of rotatable bonds is 4. The molecule has 0 N–H and O–H groups in total. The van der Waals surface area contributed by atoms with Crippen LogP contribution < -0.4 is 14.2 Å². The SMILES string of the molecule is COc1ccc2c(c1)CCN(c1cccc(F)c1)C2c1ccc(-c2cc[n+](C)cc2)cc1. The summed E-state index contributed by atoms with van der Waals surface area (Å²) in [7, 11) is 3.72. The molecule has 5 rings (SSSR count). The van der Waals surface area contributed by atoms with Crippen molar-refractivity contribution in [1.29, 1.82) is 0 Å². The van der Waals surface area contributed by atoms with E-state index in [9.17, 15) is 4.39 Å². The zero-order valence-electron chi connectivity index (χ0n) is 18.3. The number of halogens is 1. The number of aryl methyl sites for hydroxylation is 1. The highest BCUT2D eigenvalue weighted by molar-refractivity contribution is 5.64. The Morgan fingerprint density at radius 1 is 0.906 bits per heavy atom. The Bertz CT molecular complexity index is 1240. The van der Waals surface area contributed by atoms with Gasteiger partial charge in [-0.2, -0.15) is 0 Å². The van der Waals surface area contributed by atoms with Gasteiger partial charge in [-0.25, -0.2) is 8.96 Å². The molecule has 3 aromatic carbocycles. The van der Waals surface area contributed by atoms with Crippen LogP contribution in [0.25, 0.3) is 11.1 Å². The molecule has 4 aromatic rings. The van der Waals surface area contributed by atoms with Crippen molar-refractivity contribution in [3.8, 4) is 16.9 Å². The first kappa shape index (κ1) is 20.3. The zero-order chi connectivity index (χ0) is 22.1. The van der Waals surface area contributed by atoms with E-state index in [0.717, 1.165) is 24.4 Å². The Hall–Kier alpha value is -3.66. The number of benzene rings is 3. The lowest BCUT2D eigenvalue weighted by molar-refractivity contribution is -0.671. The first-order chi connectivity index (χ1) is 15.6. The van der Waals surface area contributed by atoms with Crippen molar-refractivity contribution in [1.82, 2.24) is 0 Å². The first-order valence-electron chi connectivity index (χ1n) is 10.9. The van der Waals surface area contributed by atoms with Gasteiger partial charge in [0.15, 0.2) is 12.4 Å². The van der Waals surface area contributed by atoms with Crippen LogP contribution in [0.4, 0.5) is 10.1 Å². The first-order valence-corrected chi connectivity index (χ1v) is 10.9. The van der Waals surface area contributed by atoms with E-state index in [1.165, 1.54) is 33.9 Å². The molecule has 1 unspecified atom stereocenters. The van der Waals surface area contributed by atoms with E-state index in [1.54, 1.807) is 19.2 Å². The molecule has 0 radical (unpaired) electrons. The number of hydrogen-bond acceptors (Lipinski definition) is 2. The molecule has 32 heavy (non-hydrogen) atoms. The normalized spacial score (nSPS) is 15.3. The molecule has 1 aliphatic rings. The third kappa shape index (κ3) is 3.84. The highest BCUT2D eigenvalue weighted by Crippen LogP contribution is 2.40. The Morgan fingerprint density at radius 2 is 1.66 bits per heavy atom. The predicted molar refractivity (Wildman–Crippen MR) is 125 cm³/mol. The summed E-state index contributed by atoms with van der Waals surface area (Å²) in [6.07, 6.45) is 5.00. The second-order valence-corrected chi connectivity index (χ2v) is 8.26. The van der Waals surface area contributed by atoms with Crippen molar-refractivity contribution in [2.45, 2.75) is 12.5 Å². The third-order valence-electron chi connectivity index (χ3n) is 6.26. The molecule has 1 atom stereocenters. The highest BCUT2D eigenvalue weighted by atomic mass is 19.1. The Labute approximate surface area is 188 Å². The van der Waals surface area contributed by atoms with Gasteiger partial charge >= 0.3 is 0 Å². The zero-order valence-corrected chi connectivity index (χ0v) is 18.3. The Balaban J connectivity index is 1.58. The van der Waals surface area contributed by atoms with E-state index in [2.05, 4.69) is 65.8 Å². The number of methoxy groups -OCH3 is 1. The number of ether oxygens (including phenoxy) is 1. The number of nitrogens with zero attached hydrogens (tertiary/aromatic N) is 2. The summed E-state index contributed by atoms with van der Waals surface area (Å²) in [5, 5.41) is 0. The van der Waals surface area contributed by atoms with Crippen molar-refractivity contribution >= 4 is 5.69 Å². The smallest absolute Gasteiger partial charge is 0.169 e. The van der Waals surface area contributed by atoms with Crippen molar-refractivity contribution in [2.24, 2.45) is 7.05 Å². The summed E-state index contributed by atoms with van der Waals surface area (Å²) in [5.74, 6) is 0.656. The molecular weight excluding hydrogens is 399 g/mol. The lowest BCUT2D eigenvalue weighted by Gasteiger charge is -2.39. The number of anilines is 1. The summed E-state index contributed by atoms with van der Waals surface area (Å²) >= 11 is 0. The van der Waals surface area contributed by atoms with Gasteiger partial charge in [0, 0.05) is 24.4 Å². The van der Waals surface area contributed by atoms with Crippen molar-refractivity contribution in [3.05, 3.63) is 114 Å². The maximum Gasteiger partial charge on any atom is 0.169 e. The summed E-state index contributed by atoms with van der Waals surface area (Å²) in [5.41, 5.74) is 6.96. The lowest BCUT2D eigenvalue weighted by Crippen LogP contribution is -2.36. The minimum Gasteiger partial charge on any atom is -0.497 e. The fourth-order valence-electron chi connectivity index (χ4n) is 4.57. The minimum atomic E-state index is -0.214. The molecule has 0 spiro atoms. The molecule has 3 nitrogen and oxygen atoms in total. The molecule has 0 fully saturated rings. The van der Waals surface area contributed by atoms with Gasteiger partial charge in [-0.15, -0.1) is 0 Å². The Morgan fingerprint density at radius 3 is 2.38 bits per heavy atom. The second kappa shape index (κ2) is 8.46. The van der Waals surface area contributed by atoms with Crippen molar-refractivity contribution < 1.29 is 13.7 Å². The van der Waals surface area contributed by atoms with Gasteiger partial charge in [-0.3, -0.25) is 0 Å². The van der Waals surface area contributed by atoms with Gasteiger partial charge in [0.2, 0.25) is 0 Å². The second-order valence-electron chi connectivity index (χ2n) is 8.26. The predicted octanol–water partition coefficient (Wildman–Crippen LogP) is 5.48. The summed E-state index contributed by atoms with van der Waals surface area (Å²) < 4.78 is 21.6. The van der Waals surface area contributed by atoms with Gasteiger partial charge < -0.3 is 9.64 Å². The van der Waals surface area contributed by atoms with Crippen LogP contribution in [-0.2, 0) is 13.5 Å². The van der Waals surface area contributed by atoms with E-state index in [-0.39, 0.29) is 11.9 Å². The molecule has 0 amide bonds. The summed E-state index contributed by atoms with van der Waals surface area (Å²) in [4.78, 5) is 2.30. The monoisotopic (exact) mass is 425 g/mol. The van der Waals surface area contributed by atoms with Crippen molar-refractivity contribution in [2.75, 3.05) is 18.6 Å². The van der Waals surface area contributed by atoms with Crippen molar-refractivity contribution in [3.63, 3.8) is 0 Å². The Kier molecular flexibility index (Phi) is 5.36. The molecule has 1 aliphatic heterocycles.